The highest BCUT2D eigenvalue weighted by Crippen LogP contribution is 2.10. The minimum Gasteiger partial charge on any atom is -0.399 e. The molecule has 2 nitrogen and oxygen atoms in total. The lowest BCUT2D eigenvalue weighted by Crippen LogP contribution is -1.88. The molecule has 2 heteroatoms. The van der Waals surface area contributed by atoms with Crippen molar-refractivity contribution in [3.05, 3.63) is 59.2 Å². The van der Waals surface area contributed by atoms with E-state index in [9.17, 15) is 0 Å². The number of hydrogen-bond donors (Lipinski definition) is 2. The second kappa shape index (κ2) is 5.94. The van der Waals surface area contributed by atoms with Gasteiger partial charge in [-0.05, 0) is 50.1 Å². The van der Waals surface area contributed by atoms with Crippen LogP contribution >= 0.6 is 0 Å². The van der Waals surface area contributed by atoms with Crippen LogP contribution in [0.5, 0.6) is 0 Å². The van der Waals surface area contributed by atoms with Crippen LogP contribution in [0.4, 0.5) is 11.4 Å². The average molecular weight is 228 g/mol. The number of benzene rings is 2. The molecule has 0 fully saturated rings. The molecule has 0 aromatic heterocycles. The first-order valence-electron chi connectivity index (χ1n) is 5.64. The standard InChI is InChI=1S/C8H11N.C7H9N/c1-6-3-4-8(9)7(2)5-6;1-6-3-2-4-7(8)5-6/h3-5H,9H2,1-2H3;2-5H,8H2,1H3. The predicted molar refractivity (Wildman–Crippen MR) is 75.9 cm³/mol. The van der Waals surface area contributed by atoms with Gasteiger partial charge in [0.2, 0.25) is 0 Å². The van der Waals surface area contributed by atoms with E-state index < -0.39 is 0 Å². The van der Waals surface area contributed by atoms with Crippen molar-refractivity contribution >= 4 is 11.4 Å². The van der Waals surface area contributed by atoms with Crippen LogP contribution < -0.4 is 11.5 Å². The summed E-state index contributed by atoms with van der Waals surface area (Å²) in [5, 5.41) is 0. The topological polar surface area (TPSA) is 52.0 Å². The van der Waals surface area contributed by atoms with Gasteiger partial charge in [0.15, 0.2) is 0 Å². The van der Waals surface area contributed by atoms with Crippen LogP contribution in [0, 0.1) is 20.8 Å². The normalized spacial score (nSPS) is 9.35. The lowest BCUT2D eigenvalue weighted by molar-refractivity contribution is 1.39. The Morgan fingerprint density at radius 2 is 1.41 bits per heavy atom. The van der Waals surface area contributed by atoms with E-state index in [0.29, 0.717) is 0 Å². The van der Waals surface area contributed by atoms with Gasteiger partial charge in [0.1, 0.15) is 0 Å². The maximum absolute atomic E-state index is 5.59. The molecule has 90 valence electrons. The SMILES string of the molecule is Cc1ccc(N)c(C)c1.Cc1cccc(N)c1. The molecule has 0 atom stereocenters. The van der Waals surface area contributed by atoms with Gasteiger partial charge in [-0.1, -0.05) is 29.8 Å². The molecular weight excluding hydrogens is 208 g/mol. The Kier molecular flexibility index (Phi) is 4.58. The molecule has 2 aromatic carbocycles. The Labute approximate surface area is 103 Å². The summed E-state index contributed by atoms with van der Waals surface area (Å²) in [6.45, 7) is 6.10. The zero-order valence-electron chi connectivity index (χ0n) is 10.7. The molecule has 4 N–H and O–H groups in total. The molecule has 0 radical (unpaired) electrons. The quantitative estimate of drug-likeness (QED) is 0.678. The number of rotatable bonds is 0. The zero-order valence-corrected chi connectivity index (χ0v) is 10.7. The van der Waals surface area contributed by atoms with Gasteiger partial charge in [-0.15, -0.1) is 0 Å². The summed E-state index contributed by atoms with van der Waals surface area (Å²) >= 11 is 0. The average Bonchev–Trinajstić information content (AvgIpc) is 2.24. The number of aryl methyl sites for hydroxylation is 3. The Morgan fingerprint density at radius 3 is 1.82 bits per heavy atom. The van der Waals surface area contributed by atoms with Gasteiger partial charge >= 0.3 is 0 Å². The highest BCUT2D eigenvalue weighted by atomic mass is 14.5. The molecule has 0 aliphatic rings. The molecule has 0 aliphatic carbocycles. The monoisotopic (exact) mass is 228 g/mol. The van der Waals surface area contributed by atoms with E-state index in [4.69, 9.17) is 11.5 Å². The summed E-state index contributed by atoms with van der Waals surface area (Å²) in [4.78, 5) is 0. The van der Waals surface area contributed by atoms with Crippen molar-refractivity contribution in [2.75, 3.05) is 11.5 Å². The van der Waals surface area contributed by atoms with Crippen LogP contribution in [0.2, 0.25) is 0 Å². The van der Waals surface area contributed by atoms with E-state index in [1.54, 1.807) is 0 Å². The first-order chi connectivity index (χ1) is 7.99. The van der Waals surface area contributed by atoms with Crippen molar-refractivity contribution in [1.29, 1.82) is 0 Å². The van der Waals surface area contributed by atoms with Gasteiger partial charge in [0.05, 0.1) is 0 Å². The van der Waals surface area contributed by atoms with Gasteiger partial charge in [0, 0.05) is 11.4 Å². The second-order valence-electron chi connectivity index (χ2n) is 4.27. The van der Waals surface area contributed by atoms with E-state index in [1.165, 1.54) is 11.1 Å². The first kappa shape index (κ1) is 13.1. The molecule has 0 unspecified atom stereocenters. The molecule has 0 heterocycles. The number of hydrogen-bond acceptors (Lipinski definition) is 2. The third-order valence-corrected chi connectivity index (χ3v) is 2.47. The molecule has 0 saturated heterocycles. The fourth-order valence-corrected chi connectivity index (χ4v) is 1.50. The van der Waals surface area contributed by atoms with E-state index in [1.807, 2.05) is 50.2 Å². The van der Waals surface area contributed by atoms with Crippen LogP contribution in [0.15, 0.2) is 42.5 Å². The Bertz CT molecular complexity index is 473. The second-order valence-corrected chi connectivity index (χ2v) is 4.27. The lowest BCUT2D eigenvalue weighted by atomic mass is 10.1. The number of nitrogens with two attached hydrogens (primary N) is 2. The highest BCUT2D eigenvalue weighted by Gasteiger charge is 1.89. The summed E-state index contributed by atoms with van der Waals surface area (Å²) in [6.07, 6.45) is 0. The molecule has 2 rings (SSSR count). The third kappa shape index (κ3) is 4.60. The summed E-state index contributed by atoms with van der Waals surface area (Å²) in [5.74, 6) is 0. The van der Waals surface area contributed by atoms with Crippen LogP contribution in [0.1, 0.15) is 16.7 Å². The molecule has 0 aliphatic heterocycles. The Hall–Kier alpha value is -1.96. The predicted octanol–water partition coefficient (Wildman–Crippen LogP) is 3.46. The van der Waals surface area contributed by atoms with Crippen molar-refractivity contribution in [2.24, 2.45) is 0 Å². The van der Waals surface area contributed by atoms with Crippen molar-refractivity contribution in [3.63, 3.8) is 0 Å². The fraction of sp³-hybridized carbons (Fsp3) is 0.200. The van der Waals surface area contributed by atoms with Gasteiger partial charge < -0.3 is 11.5 Å². The molecule has 0 saturated carbocycles. The first-order valence-corrected chi connectivity index (χ1v) is 5.64. The molecular formula is C15H20N2. The zero-order chi connectivity index (χ0) is 12.8. The van der Waals surface area contributed by atoms with Crippen LogP contribution in [0.25, 0.3) is 0 Å². The molecule has 2 aromatic rings. The maximum atomic E-state index is 5.59. The van der Waals surface area contributed by atoms with E-state index in [2.05, 4.69) is 13.0 Å². The summed E-state index contributed by atoms with van der Waals surface area (Å²) < 4.78 is 0. The molecule has 17 heavy (non-hydrogen) atoms. The van der Waals surface area contributed by atoms with Crippen molar-refractivity contribution in [1.82, 2.24) is 0 Å². The highest BCUT2D eigenvalue weighted by molar-refractivity contribution is 5.47. The number of nitrogen functional groups attached to an aromatic ring is 2. The molecule has 0 amide bonds. The summed E-state index contributed by atoms with van der Waals surface area (Å²) in [7, 11) is 0. The van der Waals surface area contributed by atoms with Crippen LogP contribution in [0.3, 0.4) is 0 Å². The van der Waals surface area contributed by atoms with Crippen LogP contribution in [-0.2, 0) is 0 Å². The van der Waals surface area contributed by atoms with Crippen LogP contribution in [-0.4, -0.2) is 0 Å². The number of anilines is 2. The van der Waals surface area contributed by atoms with Crippen molar-refractivity contribution in [2.45, 2.75) is 20.8 Å². The van der Waals surface area contributed by atoms with Gasteiger partial charge in [-0.3, -0.25) is 0 Å². The minimum atomic E-state index is 0.838. The summed E-state index contributed by atoms with van der Waals surface area (Å²) in [5.41, 5.74) is 16.4. The lowest BCUT2D eigenvalue weighted by Gasteiger charge is -1.98. The Balaban J connectivity index is 0.000000171. The fourth-order valence-electron chi connectivity index (χ4n) is 1.50. The van der Waals surface area contributed by atoms with E-state index >= 15 is 0 Å². The van der Waals surface area contributed by atoms with Gasteiger partial charge in [-0.25, -0.2) is 0 Å². The maximum Gasteiger partial charge on any atom is 0.0343 e. The van der Waals surface area contributed by atoms with E-state index in [0.717, 1.165) is 16.9 Å². The summed E-state index contributed by atoms with van der Waals surface area (Å²) in [6, 6.07) is 13.8. The van der Waals surface area contributed by atoms with Crippen molar-refractivity contribution < 1.29 is 0 Å². The molecule has 0 spiro atoms. The smallest absolute Gasteiger partial charge is 0.0343 e. The van der Waals surface area contributed by atoms with Gasteiger partial charge in [0.25, 0.3) is 0 Å². The van der Waals surface area contributed by atoms with E-state index in [-0.39, 0.29) is 0 Å². The Morgan fingerprint density at radius 1 is 0.765 bits per heavy atom. The largest absolute Gasteiger partial charge is 0.399 e. The van der Waals surface area contributed by atoms with Gasteiger partial charge in [-0.2, -0.15) is 0 Å². The third-order valence-electron chi connectivity index (χ3n) is 2.47. The van der Waals surface area contributed by atoms with Crippen molar-refractivity contribution in [3.8, 4) is 0 Å². The minimum absolute atomic E-state index is 0.838. The molecule has 0 bridgehead atoms.